The summed E-state index contributed by atoms with van der Waals surface area (Å²) in [4.78, 5) is 8.12. The van der Waals surface area contributed by atoms with Crippen LogP contribution in [0.15, 0.2) is 30.3 Å². The Bertz CT molecular complexity index is 823. The summed E-state index contributed by atoms with van der Waals surface area (Å²) in [5.74, 6) is 1.72. The summed E-state index contributed by atoms with van der Waals surface area (Å²) in [6.07, 6.45) is 19.4. The summed E-state index contributed by atoms with van der Waals surface area (Å²) >= 11 is 0. The van der Waals surface area contributed by atoms with Gasteiger partial charge in [0.05, 0.1) is 0 Å². The van der Waals surface area contributed by atoms with Gasteiger partial charge in [0.2, 0.25) is 0 Å². The zero-order valence-corrected chi connectivity index (χ0v) is 25.6. The van der Waals surface area contributed by atoms with Gasteiger partial charge in [0.1, 0.15) is 0 Å². The molecule has 3 aliphatic carbocycles. The summed E-state index contributed by atoms with van der Waals surface area (Å²) in [6.45, 7) is 11.4. The third kappa shape index (κ3) is 6.75. The molecule has 0 saturated heterocycles. The molecule has 3 atom stereocenters. The van der Waals surface area contributed by atoms with E-state index < -0.39 is 0 Å². The van der Waals surface area contributed by atoms with Crippen molar-refractivity contribution in [2.75, 3.05) is 32.6 Å². The molecule has 0 heterocycles. The fourth-order valence-electron chi connectivity index (χ4n) is 8.38. The molecule has 2 unspecified atom stereocenters. The topological polar surface area (TPSA) is 9.72 Å². The van der Waals surface area contributed by atoms with Gasteiger partial charge in [0.15, 0.2) is 0 Å². The first-order valence-corrected chi connectivity index (χ1v) is 15.8. The molecule has 3 heteroatoms. The Morgan fingerprint density at radius 1 is 0.730 bits per heavy atom. The fourth-order valence-corrected chi connectivity index (χ4v) is 8.38. The molecule has 1 aromatic carbocycles. The van der Waals surface area contributed by atoms with Crippen LogP contribution in [0.2, 0.25) is 0 Å². The van der Waals surface area contributed by atoms with E-state index >= 15 is 0 Å². The molecular weight excluding hydrogens is 450 g/mol. The van der Waals surface area contributed by atoms with E-state index in [1.54, 1.807) is 0 Å². The standard InChI is InChI=1S/C34H59N3/c1-28(25-29-18-23-33(3,24-19-29)37(7)31-16-10-8-11-17-31)36(6)34(4)22-14-15-30(26-34)27-35(5)32(2)20-12-9-13-21-32/h8,10-11,16-17,28-30H,9,12-15,18-27H2,1-7H3/t28?,29?,30?,33?,34-/m1/s1. The molecule has 3 saturated carbocycles. The van der Waals surface area contributed by atoms with Crippen LogP contribution in [0.25, 0.3) is 0 Å². The molecule has 37 heavy (non-hydrogen) atoms. The van der Waals surface area contributed by atoms with Crippen LogP contribution < -0.4 is 4.90 Å². The molecule has 210 valence electrons. The maximum absolute atomic E-state index is 2.81. The monoisotopic (exact) mass is 509 g/mol. The van der Waals surface area contributed by atoms with Crippen molar-refractivity contribution >= 4 is 5.69 Å². The van der Waals surface area contributed by atoms with Gasteiger partial charge in [-0.3, -0.25) is 4.90 Å². The van der Waals surface area contributed by atoms with Crippen LogP contribution >= 0.6 is 0 Å². The predicted octanol–water partition coefficient (Wildman–Crippen LogP) is 8.39. The average molecular weight is 510 g/mol. The van der Waals surface area contributed by atoms with Crippen molar-refractivity contribution < 1.29 is 0 Å². The summed E-state index contributed by atoms with van der Waals surface area (Å²) in [5.41, 5.74) is 2.44. The lowest BCUT2D eigenvalue weighted by molar-refractivity contribution is 0.00578. The van der Waals surface area contributed by atoms with E-state index in [-0.39, 0.29) is 5.54 Å². The minimum atomic E-state index is 0.288. The van der Waals surface area contributed by atoms with E-state index in [0.717, 1.165) is 11.8 Å². The van der Waals surface area contributed by atoms with Crippen molar-refractivity contribution in [3.05, 3.63) is 30.3 Å². The van der Waals surface area contributed by atoms with Crippen LogP contribution in [0.5, 0.6) is 0 Å². The van der Waals surface area contributed by atoms with Gasteiger partial charge in [-0.1, -0.05) is 43.9 Å². The second kappa shape index (κ2) is 12.0. The molecule has 0 aliphatic heterocycles. The van der Waals surface area contributed by atoms with Gasteiger partial charge < -0.3 is 9.80 Å². The highest BCUT2D eigenvalue weighted by Gasteiger charge is 2.41. The second-order valence-electron chi connectivity index (χ2n) is 14.4. The molecular formula is C34H59N3. The van der Waals surface area contributed by atoms with Gasteiger partial charge in [-0.05, 0) is 130 Å². The minimum Gasteiger partial charge on any atom is -0.369 e. The van der Waals surface area contributed by atoms with Crippen molar-refractivity contribution in [1.82, 2.24) is 9.80 Å². The number of benzene rings is 1. The van der Waals surface area contributed by atoms with Crippen molar-refractivity contribution in [3.63, 3.8) is 0 Å². The lowest BCUT2D eigenvalue weighted by Crippen LogP contribution is -2.54. The smallest absolute Gasteiger partial charge is 0.0371 e. The largest absolute Gasteiger partial charge is 0.369 e. The van der Waals surface area contributed by atoms with Crippen molar-refractivity contribution in [1.29, 1.82) is 0 Å². The van der Waals surface area contributed by atoms with E-state index in [1.165, 1.54) is 102 Å². The Morgan fingerprint density at radius 2 is 1.35 bits per heavy atom. The molecule has 0 spiro atoms. The van der Waals surface area contributed by atoms with Crippen LogP contribution in [0, 0.1) is 11.8 Å². The Hall–Kier alpha value is -1.06. The minimum absolute atomic E-state index is 0.288. The summed E-state index contributed by atoms with van der Waals surface area (Å²) in [6, 6.07) is 11.7. The van der Waals surface area contributed by atoms with Crippen molar-refractivity contribution in [2.24, 2.45) is 11.8 Å². The number of rotatable bonds is 9. The zero-order valence-electron chi connectivity index (χ0n) is 25.6. The lowest BCUT2D eigenvalue weighted by Gasteiger charge is -2.50. The normalized spacial score (nSPS) is 33.4. The summed E-state index contributed by atoms with van der Waals surface area (Å²) < 4.78 is 0. The SMILES string of the molecule is CC(CC1CCC(C)(N(C)c2ccccc2)CC1)N(C)[C@]1(C)CCCC(CN(C)C2(C)CCCCC2)C1. The highest BCUT2D eigenvalue weighted by Crippen LogP contribution is 2.43. The number of para-hydroxylation sites is 1. The first kappa shape index (κ1) is 28.9. The maximum atomic E-state index is 2.81. The van der Waals surface area contributed by atoms with Gasteiger partial charge in [-0.2, -0.15) is 0 Å². The molecule has 1 aromatic rings. The van der Waals surface area contributed by atoms with Crippen LogP contribution in [0.3, 0.4) is 0 Å². The van der Waals surface area contributed by atoms with E-state index in [9.17, 15) is 0 Å². The third-order valence-corrected chi connectivity index (χ3v) is 11.8. The molecule has 3 aliphatic rings. The third-order valence-electron chi connectivity index (χ3n) is 11.8. The molecule has 0 amide bonds. The molecule has 0 radical (unpaired) electrons. The van der Waals surface area contributed by atoms with E-state index in [0.29, 0.717) is 17.1 Å². The van der Waals surface area contributed by atoms with Gasteiger partial charge >= 0.3 is 0 Å². The van der Waals surface area contributed by atoms with E-state index in [4.69, 9.17) is 0 Å². The van der Waals surface area contributed by atoms with Crippen LogP contribution in [0.1, 0.15) is 118 Å². The van der Waals surface area contributed by atoms with Crippen LogP contribution in [-0.2, 0) is 0 Å². The maximum Gasteiger partial charge on any atom is 0.0371 e. The molecule has 0 aromatic heterocycles. The predicted molar refractivity (Wildman–Crippen MR) is 162 cm³/mol. The Labute approximate surface area is 230 Å². The van der Waals surface area contributed by atoms with Gasteiger partial charge in [0, 0.05) is 41.9 Å². The first-order chi connectivity index (χ1) is 17.5. The first-order valence-electron chi connectivity index (χ1n) is 15.8. The number of hydrogen-bond acceptors (Lipinski definition) is 3. The highest BCUT2D eigenvalue weighted by molar-refractivity contribution is 5.47. The number of nitrogens with zero attached hydrogens (tertiary/aromatic N) is 3. The van der Waals surface area contributed by atoms with E-state index in [2.05, 4.69) is 93.9 Å². The average Bonchev–Trinajstić information content (AvgIpc) is 2.90. The summed E-state index contributed by atoms with van der Waals surface area (Å²) in [5, 5.41) is 0. The molecule has 3 fully saturated rings. The molecule has 0 N–H and O–H groups in total. The number of hydrogen-bond donors (Lipinski definition) is 0. The van der Waals surface area contributed by atoms with Gasteiger partial charge in [-0.25, -0.2) is 0 Å². The quantitative estimate of drug-likeness (QED) is 0.331. The number of anilines is 1. The molecule has 3 nitrogen and oxygen atoms in total. The van der Waals surface area contributed by atoms with Crippen LogP contribution in [0.4, 0.5) is 5.69 Å². The van der Waals surface area contributed by atoms with Crippen LogP contribution in [-0.4, -0.2) is 60.1 Å². The van der Waals surface area contributed by atoms with Crippen molar-refractivity contribution in [3.8, 4) is 0 Å². The Morgan fingerprint density at radius 3 is 2.00 bits per heavy atom. The van der Waals surface area contributed by atoms with Gasteiger partial charge in [-0.15, -0.1) is 0 Å². The Kier molecular flexibility index (Phi) is 9.38. The lowest BCUT2D eigenvalue weighted by atomic mass is 9.72. The zero-order chi connectivity index (χ0) is 26.7. The Balaban J connectivity index is 1.28. The molecule has 4 rings (SSSR count). The van der Waals surface area contributed by atoms with Crippen molar-refractivity contribution in [2.45, 2.75) is 140 Å². The second-order valence-corrected chi connectivity index (χ2v) is 14.4. The molecule has 0 bridgehead atoms. The van der Waals surface area contributed by atoms with Gasteiger partial charge in [0.25, 0.3) is 0 Å². The summed E-state index contributed by atoms with van der Waals surface area (Å²) in [7, 11) is 7.18. The highest BCUT2D eigenvalue weighted by atomic mass is 15.2. The van der Waals surface area contributed by atoms with E-state index in [1.807, 2.05) is 0 Å². The fraction of sp³-hybridized carbons (Fsp3) is 0.824.